The minimum Gasteiger partial charge on any atom is -0.411 e. The van der Waals surface area contributed by atoms with Crippen LogP contribution in [-0.2, 0) is 9.47 Å². The number of allylic oxidation sites excluding steroid dienone is 1. The average Bonchev–Trinajstić information content (AvgIpc) is 3.51. The minimum atomic E-state index is -0.847. The Kier molecular flexibility index (Phi) is 5.76. The van der Waals surface area contributed by atoms with E-state index < -0.39 is 11.4 Å². The molecule has 5 fully saturated rings. The van der Waals surface area contributed by atoms with Crippen molar-refractivity contribution in [2.45, 2.75) is 94.9 Å². The van der Waals surface area contributed by atoms with E-state index in [4.69, 9.17) is 9.47 Å². The maximum absolute atomic E-state index is 12.1. The third-order valence-electron chi connectivity index (χ3n) is 11.1. The molecule has 5 atom stereocenters. The fourth-order valence-corrected chi connectivity index (χ4v) is 9.33. The predicted molar refractivity (Wildman–Crippen MR) is 143 cm³/mol. The standard InChI is InChI=1S/C31H42N2O4/c1-29-19-24(21-5-7-22(8-6-21)33-15-3-2-4-16-33)28-23(25(29)9-10-27(29)32-35)11-13-30(34)20-31(14-12-26(28)30)36-17-18-37-31/h5-8,23-25,34-35H,2-4,9-20H2,1H3/t23-,24+,25-,29-,30+/m0/s1. The monoisotopic (exact) mass is 506 g/mol. The summed E-state index contributed by atoms with van der Waals surface area (Å²) in [6, 6.07) is 9.32. The normalized spacial score (nSPS) is 40.1. The second-order valence-corrected chi connectivity index (χ2v) is 12.9. The Hall–Kier alpha value is -1.89. The molecule has 0 bridgehead atoms. The van der Waals surface area contributed by atoms with Crippen LogP contribution in [0.4, 0.5) is 5.69 Å². The van der Waals surface area contributed by atoms with Crippen molar-refractivity contribution in [1.29, 1.82) is 0 Å². The van der Waals surface area contributed by atoms with Crippen molar-refractivity contribution >= 4 is 11.4 Å². The largest absolute Gasteiger partial charge is 0.411 e. The van der Waals surface area contributed by atoms with Gasteiger partial charge in [-0.2, -0.15) is 0 Å². The Labute approximate surface area is 220 Å². The van der Waals surface area contributed by atoms with Gasteiger partial charge in [0, 0.05) is 43.0 Å². The maximum atomic E-state index is 12.1. The summed E-state index contributed by atoms with van der Waals surface area (Å²) in [5.41, 5.74) is 5.47. The van der Waals surface area contributed by atoms with Crippen molar-refractivity contribution in [3.05, 3.63) is 41.0 Å². The number of hydrogen-bond donors (Lipinski definition) is 2. The summed E-state index contributed by atoms with van der Waals surface area (Å²) in [6.45, 7) is 5.89. The van der Waals surface area contributed by atoms with Crippen molar-refractivity contribution in [3.63, 3.8) is 0 Å². The van der Waals surface area contributed by atoms with Crippen LogP contribution < -0.4 is 4.90 Å². The number of aliphatic hydroxyl groups is 1. The van der Waals surface area contributed by atoms with Crippen molar-refractivity contribution in [2.24, 2.45) is 22.4 Å². The minimum absolute atomic E-state index is 0.0945. The molecule has 2 saturated heterocycles. The predicted octanol–water partition coefficient (Wildman–Crippen LogP) is 5.78. The number of ether oxygens (including phenoxy) is 2. The lowest BCUT2D eigenvalue weighted by Gasteiger charge is -2.55. The molecule has 1 spiro atoms. The van der Waals surface area contributed by atoms with Gasteiger partial charge in [0.2, 0.25) is 0 Å². The van der Waals surface area contributed by atoms with Gasteiger partial charge in [0.05, 0.1) is 24.5 Å². The summed E-state index contributed by atoms with van der Waals surface area (Å²) in [6.07, 6.45) is 10.8. The van der Waals surface area contributed by atoms with E-state index in [9.17, 15) is 10.3 Å². The van der Waals surface area contributed by atoms with Crippen molar-refractivity contribution in [3.8, 4) is 0 Å². The first-order valence-corrected chi connectivity index (χ1v) is 14.7. The molecule has 0 radical (unpaired) electrons. The fourth-order valence-electron chi connectivity index (χ4n) is 9.33. The first kappa shape index (κ1) is 24.2. The number of oxime groups is 1. The quantitative estimate of drug-likeness (QED) is 0.302. The van der Waals surface area contributed by atoms with Crippen molar-refractivity contribution in [1.82, 2.24) is 0 Å². The van der Waals surface area contributed by atoms with E-state index in [1.54, 1.807) is 0 Å². The van der Waals surface area contributed by atoms with Crippen LogP contribution >= 0.6 is 0 Å². The molecule has 0 aromatic heterocycles. The lowest BCUT2D eigenvalue weighted by molar-refractivity contribution is -0.208. The number of nitrogens with zero attached hydrogens (tertiary/aromatic N) is 2. The van der Waals surface area contributed by atoms with Gasteiger partial charge >= 0.3 is 0 Å². The first-order valence-electron chi connectivity index (χ1n) is 14.7. The summed E-state index contributed by atoms with van der Waals surface area (Å²) < 4.78 is 12.1. The molecule has 1 aromatic carbocycles. The van der Waals surface area contributed by atoms with Gasteiger partial charge < -0.3 is 24.7 Å². The number of rotatable bonds is 2. The number of piperidine rings is 1. The molecule has 1 aromatic rings. The summed E-state index contributed by atoms with van der Waals surface area (Å²) in [4.78, 5) is 2.52. The van der Waals surface area contributed by atoms with Crippen LogP contribution in [0.5, 0.6) is 0 Å². The molecular formula is C31H42N2O4. The number of hydrogen-bond acceptors (Lipinski definition) is 6. The van der Waals surface area contributed by atoms with Crippen LogP contribution in [0.25, 0.3) is 0 Å². The molecule has 4 aliphatic carbocycles. The van der Waals surface area contributed by atoms with Gasteiger partial charge in [0.15, 0.2) is 5.79 Å². The third kappa shape index (κ3) is 3.73. The van der Waals surface area contributed by atoms with E-state index in [-0.39, 0.29) is 11.3 Å². The van der Waals surface area contributed by atoms with E-state index in [1.807, 2.05) is 0 Å². The molecule has 0 unspecified atom stereocenters. The molecule has 0 amide bonds. The summed E-state index contributed by atoms with van der Waals surface area (Å²) >= 11 is 0. The van der Waals surface area contributed by atoms with Gasteiger partial charge in [0.25, 0.3) is 0 Å². The maximum Gasteiger partial charge on any atom is 0.171 e. The zero-order valence-corrected chi connectivity index (χ0v) is 22.3. The highest BCUT2D eigenvalue weighted by Gasteiger charge is 2.60. The molecule has 3 saturated carbocycles. The van der Waals surface area contributed by atoms with Gasteiger partial charge in [-0.15, -0.1) is 0 Å². The second kappa shape index (κ2) is 8.82. The van der Waals surface area contributed by atoms with Crippen molar-refractivity contribution in [2.75, 3.05) is 31.2 Å². The average molecular weight is 507 g/mol. The van der Waals surface area contributed by atoms with Gasteiger partial charge in [0.1, 0.15) is 0 Å². The molecule has 6 heteroatoms. The Bertz CT molecular complexity index is 1100. The lowest BCUT2D eigenvalue weighted by Crippen LogP contribution is -2.53. The SMILES string of the molecule is C[C@]12C[C@H](c3ccc(N4CCCCC4)cc3)C3=C4CCC5(C[C@]4(O)CC[C@H]3[C@@H]1CCC2=NO)OCCO5. The molecule has 37 heavy (non-hydrogen) atoms. The van der Waals surface area contributed by atoms with Gasteiger partial charge in [-0.25, -0.2) is 0 Å². The number of fused-ring (bicyclic) bond motifs is 4. The van der Waals surface area contributed by atoms with E-state index in [0.29, 0.717) is 31.5 Å². The summed E-state index contributed by atoms with van der Waals surface area (Å²) in [5.74, 6) is 0.534. The zero-order valence-electron chi connectivity index (χ0n) is 22.3. The van der Waals surface area contributed by atoms with Crippen LogP contribution in [0.15, 0.2) is 40.6 Å². The molecule has 2 heterocycles. The highest BCUT2D eigenvalue weighted by molar-refractivity contribution is 5.92. The topological polar surface area (TPSA) is 74.5 Å². The van der Waals surface area contributed by atoms with E-state index in [0.717, 1.165) is 63.7 Å². The molecular weight excluding hydrogens is 464 g/mol. The number of anilines is 1. The highest BCUT2D eigenvalue weighted by atomic mass is 16.7. The molecule has 6 nitrogen and oxygen atoms in total. The highest BCUT2D eigenvalue weighted by Crippen LogP contribution is 2.64. The summed E-state index contributed by atoms with van der Waals surface area (Å²) in [5, 5.41) is 25.9. The Morgan fingerprint density at radius 2 is 1.73 bits per heavy atom. The van der Waals surface area contributed by atoms with Crippen molar-refractivity contribution < 1.29 is 19.8 Å². The summed E-state index contributed by atoms with van der Waals surface area (Å²) in [7, 11) is 0. The van der Waals surface area contributed by atoms with Gasteiger partial charge in [-0.1, -0.05) is 29.8 Å². The van der Waals surface area contributed by atoms with Crippen LogP contribution in [0.3, 0.4) is 0 Å². The fraction of sp³-hybridized carbons (Fsp3) is 0.710. The Morgan fingerprint density at radius 1 is 0.973 bits per heavy atom. The first-order chi connectivity index (χ1) is 17.9. The van der Waals surface area contributed by atoms with E-state index in [1.165, 1.54) is 41.7 Å². The van der Waals surface area contributed by atoms with Crippen LogP contribution in [-0.4, -0.2) is 53.7 Å². The Balaban J connectivity index is 1.30. The van der Waals surface area contributed by atoms with Gasteiger partial charge in [-0.3, -0.25) is 0 Å². The molecule has 2 aliphatic heterocycles. The van der Waals surface area contributed by atoms with Crippen LogP contribution in [0, 0.1) is 17.3 Å². The molecule has 7 rings (SSSR count). The van der Waals surface area contributed by atoms with Gasteiger partial charge in [-0.05, 0) is 92.9 Å². The molecule has 2 N–H and O–H groups in total. The lowest BCUT2D eigenvalue weighted by atomic mass is 9.51. The smallest absolute Gasteiger partial charge is 0.171 e. The van der Waals surface area contributed by atoms with Crippen LogP contribution in [0.1, 0.15) is 89.0 Å². The molecule has 200 valence electrons. The van der Waals surface area contributed by atoms with E-state index >= 15 is 0 Å². The van der Waals surface area contributed by atoms with E-state index in [2.05, 4.69) is 41.2 Å². The zero-order chi connectivity index (χ0) is 25.3. The molecule has 6 aliphatic rings. The number of benzene rings is 1. The van der Waals surface area contributed by atoms with Crippen LogP contribution in [0.2, 0.25) is 0 Å². The second-order valence-electron chi connectivity index (χ2n) is 12.9. The third-order valence-corrected chi connectivity index (χ3v) is 11.1. The Morgan fingerprint density at radius 3 is 2.46 bits per heavy atom.